The van der Waals surface area contributed by atoms with Crippen LogP contribution in [0.5, 0.6) is 0 Å². The summed E-state index contributed by atoms with van der Waals surface area (Å²) in [6.45, 7) is 2.75. The van der Waals surface area contributed by atoms with Crippen LogP contribution in [0.25, 0.3) is 0 Å². The topological polar surface area (TPSA) is 6.48 Å². The molecule has 1 rings (SSSR count). The van der Waals surface area contributed by atoms with Crippen molar-refractivity contribution in [3.63, 3.8) is 0 Å². The van der Waals surface area contributed by atoms with Crippen molar-refractivity contribution in [3.8, 4) is 0 Å². The van der Waals surface area contributed by atoms with E-state index in [1.54, 1.807) is 4.90 Å². The Balaban J connectivity index is 2.76. The molecule has 2 nitrogen and oxygen atoms in total. The number of hydrogen-bond acceptors (Lipinski definition) is 2. The van der Waals surface area contributed by atoms with E-state index < -0.39 is 11.9 Å². The van der Waals surface area contributed by atoms with Gasteiger partial charge in [-0.1, -0.05) is 0 Å². The van der Waals surface area contributed by atoms with Crippen molar-refractivity contribution in [2.24, 2.45) is 0 Å². The third-order valence-electron chi connectivity index (χ3n) is 1.81. The molecule has 0 bridgehead atoms. The Kier molecular flexibility index (Phi) is 2.21. The van der Waals surface area contributed by atoms with Crippen LogP contribution >= 0.6 is 0 Å². The largest absolute Gasteiger partial charge is 0.432 e. The first-order chi connectivity index (χ1) is 5.45. The SMILES string of the molecule is CCN1C=C(C(F)(F)F)N(C)C1. The molecule has 0 spiro atoms. The standard InChI is InChI=1S/C7H11F3N2/c1-3-12-4-6(7(8,9)10)11(2)5-12/h4H,3,5H2,1-2H3. The van der Waals surface area contributed by atoms with E-state index in [0.29, 0.717) is 13.2 Å². The van der Waals surface area contributed by atoms with Crippen molar-refractivity contribution in [1.29, 1.82) is 0 Å². The third-order valence-corrected chi connectivity index (χ3v) is 1.81. The van der Waals surface area contributed by atoms with Crippen molar-refractivity contribution in [2.75, 3.05) is 20.3 Å². The predicted molar refractivity (Wildman–Crippen MR) is 39.1 cm³/mol. The van der Waals surface area contributed by atoms with Gasteiger partial charge in [-0.15, -0.1) is 0 Å². The van der Waals surface area contributed by atoms with Gasteiger partial charge in [0.2, 0.25) is 0 Å². The van der Waals surface area contributed by atoms with Crippen molar-refractivity contribution in [3.05, 3.63) is 11.9 Å². The molecule has 0 aliphatic carbocycles. The molecule has 0 amide bonds. The number of halogens is 3. The normalized spacial score (nSPS) is 18.6. The van der Waals surface area contributed by atoms with E-state index in [1.807, 2.05) is 6.92 Å². The van der Waals surface area contributed by atoms with Gasteiger partial charge >= 0.3 is 6.18 Å². The average molecular weight is 180 g/mol. The number of hydrogen-bond donors (Lipinski definition) is 0. The molecule has 0 unspecified atom stereocenters. The summed E-state index contributed by atoms with van der Waals surface area (Å²) in [5.74, 6) is 0. The maximum absolute atomic E-state index is 12.2. The number of nitrogens with zero attached hydrogens (tertiary/aromatic N) is 2. The molecule has 0 atom stereocenters. The molecule has 70 valence electrons. The summed E-state index contributed by atoms with van der Waals surface area (Å²) in [4.78, 5) is 2.81. The lowest BCUT2D eigenvalue weighted by atomic mass is 10.4. The summed E-state index contributed by atoms with van der Waals surface area (Å²) in [6, 6.07) is 0. The van der Waals surface area contributed by atoms with Gasteiger partial charge < -0.3 is 9.80 Å². The first-order valence-corrected chi connectivity index (χ1v) is 3.69. The van der Waals surface area contributed by atoms with Crippen LogP contribution in [0, 0.1) is 0 Å². The molecule has 5 heteroatoms. The molecule has 0 fully saturated rings. The molecule has 0 aromatic heterocycles. The fraction of sp³-hybridized carbons (Fsp3) is 0.714. The highest BCUT2D eigenvalue weighted by atomic mass is 19.4. The Morgan fingerprint density at radius 1 is 1.50 bits per heavy atom. The van der Waals surface area contributed by atoms with E-state index in [1.165, 1.54) is 11.9 Å². The lowest BCUT2D eigenvalue weighted by molar-refractivity contribution is -0.107. The molecular formula is C7H11F3N2. The highest BCUT2D eigenvalue weighted by Gasteiger charge is 2.39. The minimum absolute atomic E-state index is 0.325. The van der Waals surface area contributed by atoms with Crippen LogP contribution in [0.2, 0.25) is 0 Å². The average Bonchev–Trinajstić information content (AvgIpc) is 2.29. The number of allylic oxidation sites excluding steroid dienone is 1. The molecule has 0 saturated heterocycles. The quantitative estimate of drug-likeness (QED) is 0.605. The third kappa shape index (κ3) is 1.65. The zero-order chi connectivity index (χ0) is 9.35. The summed E-state index contributed by atoms with van der Waals surface area (Å²) in [7, 11) is 1.44. The van der Waals surface area contributed by atoms with Gasteiger partial charge in [0.25, 0.3) is 0 Å². The van der Waals surface area contributed by atoms with Gasteiger partial charge in [0.05, 0.1) is 6.67 Å². The molecule has 0 radical (unpaired) electrons. The first-order valence-electron chi connectivity index (χ1n) is 3.69. The monoisotopic (exact) mass is 180 g/mol. The smallest absolute Gasteiger partial charge is 0.358 e. The van der Waals surface area contributed by atoms with Gasteiger partial charge in [0, 0.05) is 19.8 Å². The number of rotatable bonds is 1. The van der Waals surface area contributed by atoms with E-state index in [2.05, 4.69) is 0 Å². The summed E-state index contributed by atoms with van der Waals surface area (Å²) in [5, 5.41) is 0. The van der Waals surface area contributed by atoms with Crippen LogP contribution in [0.1, 0.15) is 6.92 Å². The van der Waals surface area contributed by atoms with Gasteiger partial charge in [-0.25, -0.2) is 0 Å². The van der Waals surface area contributed by atoms with Crippen LogP contribution in [0.3, 0.4) is 0 Å². The Morgan fingerprint density at radius 3 is 2.33 bits per heavy atom. The maximum atomic E-state index is 12.2. The fourth-order valence-electron chi connectivity index (χ4n) is 1.14. The van der Waals surface area contributed by atoms with Crippen molar-refractivity contribution >= 4 is 0 Å². The van der Waals surface area contributed by atoms with Gasteiger partial charge in [-0.3, -0.25) is 0 Å². The first kappa shape index (κ1) is 9.22. The minimum Gasteiger partial charge on any atom is -0.358 e. The van der Waals surface area contributed by atoms with Crippen LogP contribution in [-0.4, -0.2) is 36.2 Å². The summed E-state index contributed by atoms with van der Waals surface area (Å²) < 4.78 is 36.6. The van der Waals surface area contributed by atoms with Crippen molar-refractivity contribution < 1.29 is 13.2 Å². The molecular weight excluding hydrogens is 169 g/mol. The molecule has 0 aromatic carbocycles. The zero-order valence-electron chi connectivity index (χ0n) is 7.02. The maximum Gasteiger partial charge on any atom is 0.432 e. The Bertz CT molecular complexity index is 197. The molecule has 0 saturated carbocycles. The van der Waals surface area contributed by atoms with E-state index in [-0.39, 0.29) is 0 Å². The number of alkyl halides is 3. The van der Waals surface area contributed by atoms with Gasteiger partial charge in [0.1, 0.15) is 5.70 Å². The molecule has 0 N–H and O–H groups in total. The molecule has 1 heterocycles. The highest BCUT2D eigenvalue weighted by Crippen LogP contribution is 2.30. The summed E-state index contributed by atoms with van der Waals surface area (Å²) >= 11 is 0. The Hall–Kier alpha value is -0.870. The van der Waals surface area contributed by atoms with Crippen LogP contribution in [-0.2, 0) is 0 Å². The second-order valence-electron chi connectivity index (χ2n) is 2.76. The van der Waals surface area contributed by atoms with E-state index in [0.717, 1.165) is 6.20 Å². The van der Waals surface area contributed by atoms with Gasteiger partial charge in [0.15, 0.2) is 0 Å². The predicted octanol–water partition coefficient (Wildman–Crippen LogP) is 1.61. The summed E-state index contributed by atoms with van der Waals surface area (Å²) in [6.07, 6.45) is -3.07. The Morgan fingerprint density at radius 2 is 2.08 bits per heavy atom. The van der Waals surface area contributed by atoms with Crippen molar-refractivity contribution in [1.82, 2.24) is 9.80 Å². The van der Waals surface area contributed by atoms with E-state index in [4.69, 9.17) is 0 Å². The summed E-state index contributed by atoms with van der Waals surface area (Å²) in [5.41, 5.74) is -0.565. The lowest BCUT2D eigenvalue weighted by Gasteiger charge is -2.18. The van der Waals surface area contributed by atoms with E-state index >= 15 is 0 Å². The van der Waals surface area contributed by atoms with Crippen LogP contribution in [0.15, 0.2) is 11.9 Å². The minimum atomic E-state index is -4.22. The molecule has 12 heavy (non-hydrogen) atoms. The molecule has 0 aromatic rings. The van der Waals surface area contributed by atoms with Gasteiger partial charge in [-0.2, -0.15) is 13.2 Å². The van der Waals surface area contributed by atoms with Crippen molar-refractivity contribution in [2.45, 2.75) is 13.1 Å². The second-order valence-corrected chi connectivity index (χ2v) is 2.76. The molecule has 1 aliphatic rings. The highest BCUT2D eigenvalue weighted by molar-refractivity contribution is 5.10. The Labute approximate surface area is 69.2 Å². The fourth-order valence-corrected chi connectivity index (χ4v) is 1.14. The lowest BCUT2D eigenvalue weighted by Crippen LogP contribution is -2.27. The van der Waals surface area contributed by atoms with Gasteiger partial charge in [-0.05, 0) is 6.92 Å². The van der Waals surface area contributed by atoms with Crippen LogP contribution in [0.4, 0.5) is 13.2 Å². The van der Waals surface area contributed by atoms with E-state index in [9.17, 15) is 13.2 Å². The van der Waals surface area contributed by atoms with Crippen LogP contribution < -0.4 is 0 Å². The molecule has 1 aliphatic heterocycles. The zero-order valence-corrected chi connectivity index (χ0v) is 7.02. The second kappa shape index (κ2) is 2.88.